The van der Waals surface area contributed by atoms with Gasteiger partial charge in [0.1, 0.15) is 16.9 Å². The zero-order valence-electron chi connectivity index (χ0n) is 22.2. The number of aryl methyl sites for hydroxylation is 6. The van der Waals surface area contributed by atoms with Gasteiger partial charge in [-0.3, -0.25) is 0 Å². The first-order valence-electron chi connectivity index (χ1n) is 12.2. The molecular formula is C31H41O3P. The summed E-state index contributed by atoms with van der Waals surface area (Å²) in [5.74, 6) is 1.41. The average Bonchev–Trinajstić information content (AvgIpc) is 2.92. The molecule has 0 aliphatic rings. The van der Waals surface area contributed by atoms with Crippen LogP contribution in [-0.4, -0.2) is 0 Å². The lowest BCUT2D eigenvalue weighted by atomic mass is 9.89. The average molecular weight is 493 g/mol. The van der Waals surface area contributed by atoms with Gasteiger partial charge in [-0.1, -0.05) is 65.0 Å². The van der Waals surface area contributed by atoms with Crippen LogP contribution in [0.25, 0.3) is 21.9 Å². The van der Waals surface area contributed by atoms with Crippen LogP contribution in [0, 0.1) is 41.5 Å². The van der Waals surface area contributed by atoms with Gasteiger partial charge in [-0.2, -0.15) is 0 Å². The second-order valence-corrected chi connectivity index (χ2v) is 11.3. The monoisotopic (exact) mass is 492 g/mol. The molecule has 0 spiro atoms. The molecule has 0 fully saturated rings. The van der Waals surface area contributed by atoms with E-state index in [0.29, 0.717) is 11.8 Å². The van der Waals surface area contributed by atoms with Crippen LogP contribution in [0.2, 0.25) is 0 Å². The van der Waals surface area contributed by atoms with E-state index < -0.39 is 8.24 Å². The summed E-state index contributed by atoms with van der Waals surface area (Å²) in [5, 5.41) is 2.30. The van der Waals surface area contributed by atoms with E-state index in [4.69, 9.17) is 12.9 Å². The maximum atomic E-state index is 6.71. The molecule has 1 aromatic heterocycles. The van der Waals surface area contributed by atoms with Crippen molar-refractivity contribution in [3.63, 3.8) is 0 Å². The van der Waals surface area contributed by atoms with E-state index >= 15 is 0 Å². The summed E-state index contributed by atoms with van der Waals surface area (Å²) in [4.78, 5) is 0. The minimum absolute atomic E-state index is 0. The van der Waals surface area contributed by atoms with Gasteiger partial charge in [0.05, 0.1) is 0 Å². The molecular weight excluding hydrogens is 451 g/mol. The lowest BCUT2D eigenvalue weighted by molar-refractivity contribution is 0.493. The Labute approximate surface area is 212 Å². The molecule has 0 N–H and O–H groups in total. The predicted molar refractivity (Wildman–Crippen MR) is 152 cm³/mol. The Morgan fingerprint density at radius 3 is 1.51 bits per heavy atom. The second-order valence-electron chi connectivity index (χ2n) is 10.3. The van der Waals surface area contributed by atoms with Gasteiger partial charge in [0.15, 0.2) is 0 Å². The van der Waals surface area contributed by atoms with Crippen molar-refractivity contribution in [2.24, 2.45) is 0 Å². The van der Waals surface area contributed by atoms with E-state index in [1.54, 1.807) is 0 Å². The summed E-state index contributed by atoms with van der Waals surface area (Å²) in [6.45, 7) is 21.8. The predicted octanol–water partition coefficient (Wildman–Crippen LogP) is 10.9. The van der Waals surface area contributed by atoms with E-state index in [1.165, 1.54) is 38.9 Å². The number of rotatable bonds is 4. The summed E-state index contributed by atoms with van der Waals surface area (Å²) in [6, 6.07) is 10.7. The molecule has 0 radical (unpaired) electrons. The fraction of sp³-hybridized carbons (Fsp3) is 0.419. The molecule has 0 saturated heterocycles. The van der Waals surface area contributed by atoms with Crippen molar-refractivity contribution in [3.8, 4) is 5.75 Å². The lowest BCUT2D eigenvalue weighted by Crippen LogP contribution is -1.97. The molecule has 4 rings (SSSR count). The third kappa shape index (κ3) is 4.89. The van der Waals surface area contributed by atoms with E-state index in [2.05, 4.69) is 93.5 Å². The number of benzene rings is 3. The highest BCUT2D eigenvalue weighted by Crippen LogP contribution is 2.45. The van der Waals surface area contributed by atoms with Crippen molar-refractivity contribution in [3.05, 3.63) is 74.8 Å². The topological polar surface area (TPSA) is 35.5 Å². The van der Waals surface area contributed by atoms with E-state index in [0.717, 1.165) is 33.3 Å². The molecule has 0 aliphatic heterocycles. The highest BCUT2D eigenvalue weighted by Gasteiger charge is 2.22. The number of hydrogen-bond donors (Lipinski definition) is 0. The zero-order valence-corrected chi connectivity index (χ0v) is 23.1. The summed E-state index contributed by atoms with van der Waals surface area (Å²) in [5.41, 5.74) is 11.5. The van der Waals surface area contributed by atoms with Crippen molar-refractivity contribution in [1.29, 1.82) is 0 Å². The first kappa shape index (κ1) is 27.0. The molecule has 188 valence electrons. The van der Waals surface area contributed by atoms with Crippen molar-refractivity contribution >= 4 is 30.2 Å². The van der Waals surface area contributed by atoms with E-state index in [9.17, 15) is 0 Å². The zero-order chi connectivity index (χ0) is 24.9. The van der Waals surface area contributed by atoms with Gasteiger partial charge in [0, 0.05) is 10.8 Å². The van der Waals surface area contributed by atoms with Crippen molar-refractivity contribution in [1.82, 2.24) is 0 Å². The molecule has 0 aliphatic carbocycles. The van der Waals surface area contributed by atoms with E-state index in [-0.39, 0.29) is 7.43 Å². The lowest BCUT2D eigenvalue weighted by Gasteiger charge is -2.15. The summed E-state index contributed by atoms with van der Waals surface area (Å²) < 4.78 is 19.9. The van der Waals surface area contributed by atoms with Crippen molar-refractivity contribution < 1.29 is 12.9 Å². The molecule has 4 aromatic rings. The Morgan fingerprint density at radius 1 is 0.657 bits per heavy atom. The summed E-state index contributed by atoms with van der Waals surface area (Å²) in [6.07, 6.45) is 0. The maximum Gasteiger partial charge on any atom is 0.453 e. The second kappa shape index (κ2) is 10.2. The van der Waals surface area contributed by atoms with Gasteiger partial charge in [-0.25, -0.2) is 0 Å². The van der Waals surface area contributed by atoms with Crippen LogP contribution in [0.1, 0.15) is 91.5 Å². The standard InChI is InChI=1S/C30H37O3P.CH4/c1-16(2)24-14-19(6)22(9)27-28-23(10)20(7)15-25(17(3)4)30(28)33-34(32-29(24)27)31-26-12-11-18(5)13-21(26)8;/h11-17H,1-10H3;1H4. The van der Waals surface area contributed by atoms with Crippen LogP contribution in [0.3, 0.4) is 0 Å². The first-order valence-corrected chi connectivity index (χ1v) is 13.3. The molecule has 0 unspecified atom stereocenters. The van der Waals surface area contributed by atoms with Gasteiger partial charge in [0.2, 0.25) is 0 Å². The first-order chi connectivity index (χ1) is 16.0. The van der Waals surface area contributed by atoms with Crippen molar-refractivity contribution in [2.45, 2.75) is 88.5 Å². The summed E-state index contributed by atoms with van der Waals surface area (Å²) >= 11 is 0. The van der Waals surface area contributed by atoms with Gasteiger partial charge in [-0.05, 0) is 98.4 Å². The molecule has 35 heavy (non-hydrogen) atoms. The Hall–Kier alpha value is -2.64. The molecule has 3 aromatic carbocycles. The summed E-state index contributed by atoms with van der Waals surface area (Å²) in [7, 11) is -1.70. The number of fused-ring (bicyclic) bond motifs is 3. The van der Waals surface area contributed by atoms with Gasteiger partial charge in [0.25, 0.3) is 0 Å². The SMILES string of the molecule is C.Cc1ccc(Op2oc3c(C(C)C)cc(C)c(C)c3c3c(C)c(C)cc(C(C)C)c3o2)c(C)c1. The van der Waals surface area contributed by atoms with Crippen LogP contribution >= 0.6 is 8.24 Å². The Bertz CT molecular complexity index is 1360. The van der Waals surface area contributed by atoms with Gasteiger partial charge in [-0.15, -0.1) is 0 Å². The maximum absolute atomic E-state index is 6.71. The molecule has 4 heteroatoms. The molecule has 1 heterocycles. The fourth-order valence-electron chi connectivity index (χ4n) is 4.68. The van der Waals surface area contributed by atoms with Crippen LogP contribution < -0.4 is 4.52 Å². The fourth-order valence-corrected chi connectivity index (χ4v) is 5.85. The van der Waals surface area contributed by atoms with Gasteiger partial charge >= 0.3 is 8.24 Å². The van der Waals surface area contributed by atoms with Gasteiger partial charge < -0.3 is 12.9 Å². The largest absolute Gasteiger partial charge is 0.453 e. The van der Waals surface area contributed by atoms with Crippen LogP contribution in [0.5, 0.6) is 5.75 Å². The Kier molecular flexibility index (Phi) is 7.82. The highest BCUT2D eigenvalue weighted by molar-refractivity contribution is 7.32. The quantitative estimate of drug-likeness (QED) is 0.284. The van der Waals surface area contributed by atoms with Crippen LogP contribution in [-0.2, 0) is 0 Å². The number of hydrogen-bond acceptors (Lipinski definition) is 3. The molecule has 0 atom stereocenters. The third-order valence-corrected chi connectivity index (χ3v) is 7.99. The molecule has 0 saturated carbocycles. The van der Waals surface area contributed by atoms with Crippen LogP contribution in [0.15, 0.2) is 38.7 Å². The highest BCUT2D eigenvalue weighted by atomic mass is 31.1. The van der Waals surface area contributed by atoms with Crippen molar-refractivity contribution in [2.75, 3.05) is 0 Å². The molecule has 0 amide bonds. The third-order valence-electron chi connectivity index (χ3n) is 6.98. The molecule has 3 nitrogen and oxygen atoms in total. The Morgan fingerprint density at radius 2 is 1.11 bits per heavy atom. The van der Waals surface area contributed by atoms with E-state index in [1.807, 2.05) is 6.07 Å². The molecule has 0 bridgehead atoms. The minimum atomic E-state index is -1.70. The smallest absolute Gasteiger partial charge is 0.390 e. The minimum Gasteiger partial charge on any atom is -0.390 e. The van der Waals surface area contributed by atoms with Crippen LogP contribution in [0.4, 0.5) is 0 Å². The Balaban J connectivity index is 0.00000342. The normalized spacial score (nSPS) is 11.4.